The van der Waals surface area contributed by atoms with E-state index in [2.05, 4.69) is 10.3 Å². The molecule has 0 saturated carbocycles. The maximum atomic E-state index is 12.9. The van der Waals surface area contributed by atoms with Crippen molar-refractivity contribution in [1.29, 1.82) is 0 Å². The van der Waals surface area contributed by atoms with Gasteiger partial charge in [-0.1, -0.05) is 0 Å². The van der Waals surface area contributed by atoms with Gasteiger partial charge in [0.15, 0.2) is 0 Å². The first-order valence-electron chi connectivity index (χ1n) is 7.04. The molecule has 1 aliphatic heterocycles. The molecule has 0 radical (unpaired) electrons. The van der Waals surface area contributed by atoms with Crippen molar-refractivity contribution in [3.63, 3.8) is 0 Å². The summed E-state index contributed by atoms with van der Waals surface area (Å²) in [7, 11) is 0. The molecule has 0 aromatic carbocycles. The average molecular weight is 341 g/mol. The first-order valence-corrected chi connectivity index (χ1v) is 7.92. The number of nitrogens with zero attached hydrogens (tertiary/aromatic N) is 2. The van der Waals surface area contributed by atoms with Crippen molar-refractivity contribution in [1.82, 2.24) is 9.88 Å². The Hall–Kier alpha value is -2.09. The molecule has 0 atom stereocenters. The fraction of sp³-hybridized carbons (Fsp3) is 0.333. The van der Waals surface area contributed by atoms with E-state index in [1.807, 2.05) is 11.4 Å². The summed E-state index contributed by atoms with van der Waals surface area (Å²) in [6, 6.07) is 4.14. The standard InChI is InChI=1S/C15H14F3N3OS/c16-15(17,18)11-2-1-5-19-14(11)20-8-13(22)21-6-3-12-10(9-21)4-7-23-12/h1-2,4-5,7H,3,6,8-9H2,(H,19,20). The van der Waals surface area contributed by atoms with Gasteiger partial charge in [0, 0.05) is 24.2 Å². The third-order valence-electron chi connectivity index (χ3n) is 3.68. The van der Waals surface area contributed by atoms with E-state index >= 15 is 0 Å². The predicted octanol–water partition coefficient (Wildman–Crippen LogP) is 3.16. The quantitative estimate of drug-likeness (QED) is 0.933. The van der Waals surface area contributed by atoms with Crippen LogP contribution in [0, 0.1) is 0 Å². The van der Waals surface area contributed by atoms with Gasteiger partial charge in [-0.05, 0) is 35.6 Å². The molecule has 0 spiro atoms. The van der Waals surface area contributed by atoms with Crippen molar-refractivity contribution < 1.29 is 18.0 Å². The molecule has 1 aliphatic rings. The van der Waals surface area contributed by atoms with Gasteiger partial charge >= 0.3 is 6.18 Å². The number of hydrogen-bond acceptors (Lipinski definition) is 4. The van der Waals surface area contributed by atoms with Crippen molar-refractivity contribution in [2.45, 2.75) is 19.1 Å². The van der Waals surface area contributed by atoms with Crippen LogP contribution in [-0.4, -0.2) is 28.9 Å². The van der Waals surface area contributed by atoms with Gasteiger partial charge in [-0.15, -0.1) is 11.3 Å². The summed E-state index contributed by atoms with van der Waals surface area (Å²) in [5.74, 6) is -0.554. The molecule has 1 amide bonds. The van der Waals surface area contributed by atoms with Crippen molar-refractivity contribution in [3.8, 4) is 0 Å². The molecule has 0 fully saturated rings. The second-order valence-corrected chi connectivity index (χ2v) is 6.19. The lowest BCUT2D eigenvalue weighted by Gasteiger charge is -2.27. The molecule has 0 aliphatic carbocycles. The van der Waals surface area contributed by atoms with Gasteiger partial charge in [-0.25, -0.2) is 4.98 Å². The molecule has 0 unspecified atom stereocenters. The highest BCUT2D eigenvalue weighted by Crippen LogP contribution is 2.33. The number of amides is 1. The van der Waals surface area contributed by atoms with E-state index in [9.17, 15) is 18.0 Å². The molecule has 2 aromatic rings. The molecule has 0 saturated heterocycles. The smallest absolute Gasteiger partial charge is 0.360 e. The molecule has 23 heavy (non-hydrogen) atoms. The van der Waals surface area contributed by atoms with Crippen molar-refractivity contribution in [2.24, 2.45) is 0 Å². The molecule has 0 bridgehead atoms. The fourth-order valence-electron chi connectivity index (χ4n) is 2.51. The number of nitrogens with one attached hydrogen (secondary N) is 1. The van der Waals surface area contributed by atoms with Crippen LogP contribution in [0.4, 0.5) is 19.0 Å². The number of carbonyl (C=O) groups excluding carboxylic acids is 1. The lowest BCUT2D eigenvalue weighted by molar-refractivity contribution is -0.137. The molecule has 3 rings (SSSR count). The maximum absolute atomic E-state index is 12.9. The number of alkyl halides is 3. The molecule has 3 heterocycles. The van der Waals surface area contributed by atoms with Crippen LogP contribution in [0.3, 0.4) is 0 Å². The van der Waals surface area contributed by atoms with E-state index in [-0.39, 0.29) is 18.3 Å². The lowest BCUT2D eigenvalue weighted by atomic mass is 10.1. The number of anilines is 1. The van der Waals surface area contributed by atoms with E-state index in [4.69, 9.17) is 0 Å². The Bertz CT molecular complexity index is 714. The number of fused-ring (bicyclic) bond motifs is 1. The Kier molecular flexibility index (Phi) is 4.25. The van der Waals surface area contributed by atoms with Gasteiger partial charge in [-0.2, -0.15) is 13.2 Å². The SMILES string of the molecule is O=C(CNc1ncccc1C(F)(F)F)N1CCc2sccc2C1. The molecular weight excluding hydrogens is 327 g/mol. The van der Waals surface area contributed by atoms with Crippen LogP contribution >= 0.6 is 11.3 Å². The monoisotopic (exact) mass is 341 g/mol. The minimum Gasteiger partial charge on any atom is -0.360 e. The molecule has 8 heteroatoms. The number of thiophene rings is 1. The Morgan fingerprint density at radius 3 is 3.00 bits per heavy atom. The van der Waals surface area contributed by atoms with E-state index in [1.54, 1.807) is 16.2 Å². The number of halogens is 3. The second kappa shape index (κ2) is 6.19. The lowest BCUT2D eigenvalue weighted by Crippen LogP contribution is -2.39. The number of hydrogen-bond donors (Lipinski definition) is 1. The van der Waals surface area contributed by atoms with Gasteiger partial charge in [0.1, 0.15) is 5.82 Å². The zero-order valence-corrected chi connectivity index (χ0v) is 12.9. The van der Waals surface area contributed by atoms with E-state index in [0.29, 0.717) is 13.1 Å². The summed E-state index contributed by atoms with van der Waals surface area (Å²) in [5, 5.41) is 4.50. The zero-order valence-electron chi connectivity index (χ0n) is 12.1. The van der Waals surface area contributed by atoms with Crippen LogP contribution < -0.4 is 5.32 Å². The van der Waals surface area contributed by atoms with Crippen LogP contribution in [0.5, 0.6) is 0 Å². The molecule has 4 nitrogen and oxygen atoms in total. The maximum Gasteiger partial charge on any atom is 0.419 e. The normalized spacial score (nSPS) is 14.5. The Balaban J connectivity index is 1.64. The Morgan fingerprint density at radius 2 is 2.22 bits per heavy atom. The summed E-state index contributed by atoms with van der Waals surface area (Å²) >= 11 is 1.67. The minimum absolute atomic E-state index is 0.209. The number of aromatic nitrogens is 1. The van der Waals surface area contributed by atoms with E-state index in [1.165, 1.54) is 17.1 Å². The molecular formula is C15H14F3N3OS. The van der Waals surface area contributed by atoms with Gasteiger partial charge in [0.05, 0.1) is 12.1 Å². The van der Waals surface area contributed by atoms with Gasteiger partial charge < -0.3 is 10.2 Å². The second-order valence-electron chi connectivity index (χ2n) is 5.19. The number of pyridine rings is 1. The van der Waals surface area contributed by atoms with Crippen LogP contribution in [0.1, 0.15) is 16.0 Å². The predicted molar refractivity (Wildman–Crippen MR) is 81.2 cm³/mol. The topological polar surface area (TPSA) is 45.2 Å². The fourth-order valence-corrected chi connectivity index (χ4v) is 3.40. The first-order chi connectivity index (χ1) is 10.9. The summed E-state index contributed by atoms with van der Waals surface area (Å²) < 4.78 is 38.6. The molecule has 122 valence electrons. The highest BCUT2D eigenvalue weighted by atomic mass is 32.1. The van der Waals surface area contributed by atoms with Gasteiger partial charge in [0.25, 0.3) is 0 Å². The molecule has 1 N–H and O–H groups in total. The first kappa shape index (κ1) is 15.8. The Morgan fingerprint density at radius 1 is 1.39 bits per heavy atom. The van der Waals surface area contributed by atoms with Crippen LogP contribution in [0.2, 0.25) is 0 Å². The van der Waals surface area contributed by atoms with E-state index in [0.717, 1.165) is 18.1 Å². The highest BCUT2D eigenvalue weighted by Gasteiger charge is 2.34. The van der Waals surface area contributed by atoms with Crippen molar-refractivity contribution in [3.05, 3.63) is 45.8 Å². The number of rotatable bonds is 3. The van der Waals surface area contributed by atoms with Crippen LogP contribution in [0.25, 0.3) is 0 Å². The number of carbonyl (C=O) groups is 1. The van der Waals surface area contributed by atoms with Gasteiger partial charge in [0.2, 0.25) is 5.91 Å². The van der Waals surface area contributed by atoms with Gasteiger partial charge in [-0.3, -0.25) is 4.79 Å². The van der Waals surface area contributed by atoms with Crippen LogP contribution in [0.15, 0.2) is 29.8 Å². The minimum atomic E-state index is -4.50. The third kappa shape index (κ3) is 3.47. The highest BCUT2D eigenvalue weighted by molar-refractivity contribution is 7.10. The summed E-state index contributed by atoms with van der Waals surface area (Å²) in [5.41, 5.74) is 0.245. The Labute approximate surface area is 135 Å². The average Bonchev–Trinajstić information content (AvgIpc) is 2.99. The van der Waals surface area contributed by atoms with Crippen molar-refractivity contribution in [2.75, 3.05) is 18.4 Å². The summed E-state index contributed by atoms with van der Waals surface area (Å²) in [6.45, 7) is 0.885. The summed E-state index contributed by atoms with van der Waals surface area (Å²) in [6.07, 6.45) is -2.45. The molecule has 2 aromatic heterocycles. The summed E-state index contributed by atoms with van der Waals surface area (Å²) in [4.78, 5) is 18.8. The third-order valence-corrected chi connectivity index (χ3v) is 4.70. The van der Waals surface area contributed by atoms with Crippen molar-refractivity contribution >= 4 is 23.1 Å². The zero-order chi connectivity index (χ0) is 16.4. The largest absolute Gasteiger partial charge is 0.419 e. The van der Waals surface area contributed by atoms with E-state index < -0.39 is 11.7 Å². The van der Waals surface area contributed by atoms with Crippen LogP contribution in [-0.2, 0) is 23.9 Å².